The number of hydrogen-bond acceptors (Lipinski definition) is 3. The average molecular weight is 202 g/mol. The second-order valence-corrected chi connectivity index (χ2v) is 2.83. The van der Waals surface area contributed by atoms with Crippen LogP contribution in [0.4, 0.5) is 5.69 Å². The lowest BCUT2D eigenvalue weighted by Crippen LogP contribution is -1.99. The van der Waals surface area contributed by atoms with E-state index in [9.17, 15) is 15.2 Å². The number of halogens is 1. The molecule has 0 bridgehead atoms. The van der Waals surface area contributed by atoms with E-state index >= 15 is 0 Å². The number of rotatable bonds is 3. The highest BCUT2D eigenvalue weighted by Crippen LogP contribution is 2.19. The first-order valence-electron chi connectivity index (χ1n) is 3.63. The van der Waals surface area contributed by atoms with Gasteiger partial charge in [-0.05, 0) is 5.56 Å². The summed E-state index contributed by atoms with van der Waals surface area (Å²) >= 11 is 5.40. The molecule has 0 radical (unpaired) electrons. The second kappa shape index (κ2) is 4.20. The zero-order valence-corrected chi connectivity index (χ0v) is 7.44. The van der Waals surface area contributed by atoms with Gasteiger partial charge in [-0.25, -0.2) is 0 Å². The number of non-ortho nitro benzene ring substituents is 1. The van der Waals surface area contributed by atoms with Crippen LogP contribution in [0, 0.1) is 10.1 Å². The molecule has 0 saturated carbocycles. The van der Waals surface area contributed by atoms with Gasteiger partial charge in [-0.3, -0.25) is 10.1 Å². The van der Waals surface area contributed by atoms with Crippen molar-refractivity contribution < 1.29 is 10.0 Å². The van der Waals surface area contributed by atoms with Crippen LogP contribution in [0.25, 0.3) is 0 Å². The summed E-state index contributed by atoms with van der Waals surface area (Å²) in [4.78, 5) is 9.85. The van der Waals surface area contributed by atoms with Crippen LogP contribution >= 0.6 is 11.6 Å². The van der Waals surface area contributed by atoms with E-state index in [-0.39, 0.29) is 11.6 Å². The molecule has 1 aromatic rings. The van der Waals surface area contributed by atoms with Crippen molar-refractivity contribution in [2.75, 3.05) is 5.88 Å². The Morgan fingerprint density at radius 1 is 1.62 bits per heavy atom. The molecule has 0 heterocycles. The van der Waals surface area contributed by atoms with Crippen LogP contribution in [0.15, 0.2) is 24.3 Å². The van der Waals surface area contributed by atoms with Gasteiger partial charge in [0.25, 0.3) is 5.69 Å². The molecule has 5 heteroatoms. The van der Waals surface area contributed by atoms with Crippen molar-refractivity contribution in [2.24, 2.45) is 0 Å². The maximum absolute atomic E-state index is 10.4. The van der Waals surface area contributed by atoms with Crippen molar-refractivity contribution >= 4 is 17.3 Å². The summed E-state index contributed by atoms with van der Waals surface area (Å²) in [5.74, 6) is 0.0289. The van der Waals surface area contributed by atoms with Gasteiger partial charge < -0.3 is 5.11 Å². The highest BCUT2D eigenvalue weighted by Gasteiger charge is 2.10. The van der Waals surface area contributed by atoms with Gasteiger partial charge in [-0.15, -0.1) is 11.6 Å². The third-order valence-corrected chi connectivity index (χ3v) is 1.90. The lowest BCUT2D eigenvalue weighted by atomic mass is 10.1. The fraction of sp³-hybridized carbons (Fsp3) is 0.250. The highest BCUT2D eigenvalue weighted by molar-refractivity contribution is 6.18. The molecular weight excluding hydrogens is 194 g/mol. The number of aliphatic hydroxyl groups is 1. The fourth-order valence-corrected chi connectivity index (χ4v) is 1.11. The van der Waals surface area contributed by atoms with Gasteiger partial charge in [0.1, 0.15) is 0 Å². The van der Waals surface area contributed by atoms with Crippen LogP contribution in [-0.4, -0.2) is 15.9 Å². The molecule has 4 nitrogen and oxygen atoms in total. The number of hydrogen-bond donors (Lipinski definition) is 1. The quantitative estimate of drug-likeness (QED) is 0.461. The van der Waals surface area contributed by atoms with Crippen LogP contribution in [-0.2, 0) is 0 Å². The molecule has 70 valence electrons. The minimum atomic E-state index is -0.846. The molecule has 0 aliphatic rings. The van der Waals surface area contributed by atoms with Gasteiger partial charge in [0.2, 0.25) is 0 Å². The Balaban J connectivity index is 2.98. The van der Waals surface area contributed by atoms with E-state index in [1.165, 1.54) is 18.2 Å². The summed E-state index contributed by atoms with van der Waals surface area (Å²) in [5, 5.41) is 19.6. The maximum Gasteiger partial charge on any atom is 0.269 e. The molecule has 1 N–H and O–H groups in total. The number of nitrogens with zero attached hydrogens (tertiary/aromatic N) is 1. The van der Waals surface area contributed by atoms with Gasteiger partial charge in [-0.1, -0.05) is 12.1 Å². The molecule has 0 aliphatic heterocycles. The van der Waals surface area contributed by atoms with Crippen molar-refractivity contribution in [3.8, 4) is 0 Å². The molecule has 0 unspecified atom stereocenters. The Kier molecular flexibility index (Phi) is 3.22. The predicted octanol–water partition coefficient (Wildman–Crippen LogP) is 1.87. The van der Waals surface area contributed by atoms with E-state index in [0.29, 0.717) is 5.56 Å². The van der Waals surface area contributed by atoms with Crippen molar-refractivity contribution in [3.05, 3.63) is 39.9 Å². The van der Waals surface area contributed by atoms with Crippen LogP contribution in [0.2, 0.25) is 0 Å². The Bertz CT molecular complexity index is 316. The summed E-state index contributed by atoms with van der Waals surface area (Å²) in [7, 11) is 0. The Hall–Kier alpha value is -1.13. The first-order valence-corrected chi connectivity index (χ1v) is 4.17. The third-order valence-electron chi connectivity index (χ3n) is 1.61. The lowest BCUT2D eigenvalue weighted by Gasteiger charge is -2.05. The average Bonchev–Trinajstić information content (AvgIpc) is 2.17. The summed E-state index contributed by atoms with van der Waals surface area (Å²) in [6, 6.07) is 5.79. The number of aliphatic hydroxyl groups excluding tert-OH is 1. The largest absolute Gasteiger partial charge is 0.387 e. The second-order valence-electron chi connectivity index (χ2n) is 2.52. The standard InChI is InChI=1S/C8H8ClNO3/c9-5-8(11)6-2-1-3-7(4-6)10(12)13/h1-4,8,11H,5H2/t8-/m1/s1. The summed E-state index contributed by atoms with van der Waals surface area (Å²) in [6.07, 6.45) is -0.846. The molecule has 1 aromatic carbocycles. The van der Waals surface area contributed by atoms with E-state index in [0.717, 1.165) is 0 Å². The SMILES string of the molecule is O=[N+]([O-])c1cccc([C@H](O)CCl)c1. The van der Waals surface area contributed by atoms with E-state index < -0.39 is 11.0 Å². The van der Waals surface area contributed by atoms with Gasteiger partial charge in [0.15, 0.2) is 0 Å². The van der Waals surface area contributed by atoms with Gasteiger partial charge >= 0.3 is 0 Å². The first kappa shape index (κ1) is 9.95. The zero-order chi connectivity index (χ0) is 9.84. The van der Waals surface area contributed by atoms with Gasteiger partial charge in [0.05, 0.1) is 16.9 Å². The molecule has 13 heavy (non-hydrogen) atoms. The third kappa shape index (κ3) is 2.40. The van der Waals surface area contributed by atoms with E-state index in [2.05, 4.69) is 0 Å². The van der Waals surface area contributed by atoms with Crippen LogP contribution in [0.3, 0.4) is 0 Å². The molecular formula is C8H8ClNO3. The summed E-state index contributed by atoms with van der Waals surface area (Å²) in [5.41, 5.74) is 0.422. The van der Waals surface area contributed by atoms with Gasteiger partial charge in [0, 0.05) is 12.1 Å². The number of nitro groups is 1. The molecule has 0 spiro atoms. The molecule has 0 fully saturated rings. The van der Waals surface area contributed by atoms with Crippen molar-refractivity contribution in [1.82, 2.24) is 0 Å². The summed E-state index contributed by atoms with van der Waals surface area (Å²) < 4.78 is 0. The molecule has 0 aliphatic carbocycles. The number of alkyl halides is 1. The number of benzene rings is 1. The normalized spacial score (nSPS) is 12.5. The van der Waals surface area contributed by atoms with E-state index in [1.54, 1.807) is 6.07 Å². The smallest absolute Gasteiger partial charge is 0.269 e. The first-order chi connectivity index (χ1) is 6.15. The molecule has 1 atom stereocenters. The summed E-state index contributed by atoms with van der Waals surface area (Å²) in [6.45, 7) is 0. The molecule has 0 amide bonds. The monoisotopic (exact) mass is 201 g/mol. The van der Waals surface area contributed by atoms with Crippen molar-refractivity contribution in [2.45, 2.75) is 6.10 Å². The minimum absolute atomic E-state index is 0.0289. The van der Waals surface area contributed by atoms with E-state index in [4.69, 9.17) is 11.6 Å². The van der Waals surface area contributed by atoms with Crippen molar-refractivity contribution in [1.29, 1.82) is 0 Å². The fourth-order valence-electron chi connectivity index (χ4n) is 0.935. The van der Waals surface area contributed by atoms with Crippen molar-refractivity contribution in [3.63, 3.8) is 0 Å². The van der Waals surface area contributed by atoms with Crippen LogP contribution in [0.5, 0.6) is 0 Å². The van der Waals surface area contributed by atoms with Crippen LogP contribution < -0.4 is 0 Å². The zero-order valence-electron chi connectivity index (χ0n) is 6.68. The van der Waals surface area contributed by atoms with Crippen LogP contribution in [0.1, 0.15) is 11.7 Å². The topological polar surface area (TPSA) is 63.4 Å². The molecule has 1 rings (SSSR count). The maximum atomic E-state index is 10.4. The molecule has 0 aromatic heterocycles. The number of nitro benzene ring substituents is 1. The lowest BCUT2D eigenvalue weighted by molar-refractivity contribution is -0.385. The molecule has 0 saturated heterocycles. The van der Waals surface area contributed by atoms with Gasteiger partial charge in [-0.2, -0.15) is 0 Å². The predicted molar refractivity (Wildman–Crippen MR) is 48.8 cm³/mol. The highest BCUT2D eigenvalue weighted by atomic mass is 35.5. The Morgan fingerprint density at radius 3 is 2.85 bits per heavy atom. The van der Waals surface area contributed by atoms with E-state index in [1.807, 2.05) is 0 Å². The minimum Gasteiger partial charge on any atom is -0.387 e. The Morgan fingerprint density at radius 2 is 2.31 bits per heavy atom. The Labute approximate surface area is 79.9 Å².